The third kappa shape index (κ3) is 5.93. The number of carboxylic acids is 1. The standard InChI is InChI=1S/C19H21Cl2NO5S/c1-14(6-7-17(21)8-9-20)28(25,26)22-11-16-5-3-2-4-15(16)10-18(22)12-27-13-19(23)24/h2-8,18H,1,9-13H2,(H,23,24)/b7-6-,17-8+. The number of hydrogen-bond acceptors (Lipinski definition) is 4. The number of carboxylic acid groups (broad SMARTS) is 1. The number of aliphatic carboxylic acids is 1. The Morgan fingerprint density at radius 1 is 1.32 bits per heavy atom. The molecule has 28 heavy (non-hydrogen) atoms. The summed E-state index contributed by atoms with van der Waals surface area (Å²) in [6, 6.07) is 6.97. The molecule has 0 saturated carbocycles. The van der Waals surface area contributed by atoms with Crippen LogP contribution >= 0.6 is 23.2 Å². The van der Waals surface area contributed by atoms with Crippen LogP contribution in [0.1, 0.15) is 11.1 Å². The summed E-state index contributed by atoms with van der Waals surface area (Å²) in [6.07, 6.45) is 4.67. The Morgan fingerprint density at radius 2 is 2.00 bits per heavy atom. The number of fused-ring (bicyclic) bond motifs is 1. The average Bonchev–Trinajstić information content (AvgIpc) is 2.65. The molecule has 2 rings (SSSR count). The molecule has 0 amide bonds. The van der Waals surface area contributed by atoms with Gasteiger partial charge in [0.2, 0.25) is 10.0 Å². The van der Waals surface area contributed by atoms with E-state index in [4.69, 9.17) is 33.0 Å². The first kappa shape index (κ1) is 22.6. The molecule has 1 atom stereocenters. The number of carbonyl (C=O) groups is 1. The second kappa shape index (κ2) is 10.2. The van der Waals surface area contributed by atoms with Gasteiger partial charge in [-0.3, -0.25) is 0 Å². The molecule has 0 bridgehead atoms. The van der Waals surface area contributed by atoms with E-state index in [1.807, 2.05) is 24.3 Å². The van der Waals surface area contributed by atoms with E-state index in [1.165, 1.54) is 22.5 Å². The largest absolute Gasteiger partial charge is 0.480 e. The van der Waals surface area contributed by atoms with Gasteiger partial charge in [-0.25, -0.2) is 13.2 Å². The smallest absolute Gasteiger partial charge is 0.329 e. The van der Waals surface area contributed by atoms with Gasteiger partial charge in [0.1, 0.15) is 6.61 Å². The van der Waals surface area contributed by atoms with Crippen LogP contribution in [-0.2, 0) is 32.5 Å². The van der Waals surface area contributed by atoms with Crippen molar-refractivity contribution in [2.45, 2.75) is 19.0 Å². The van der Waals surface area contributed by atoms with E-state index in [0.717, 1.165) is 11.1 Å². The van der Waals surface area contributed by atoms with Crippen molar-refractivity contribution in [3.05, 3.63) is 70.1 Å². The molecule has 1 unspecified atom stereocenters. The summed E-state index contributed by atoms with van der Waals surface area (Å²) in [7, 11) is -3.91. The van der Waals surface area contributed by atoms with Crippen LogP contribution in [-0.4, -0.2) is 48.9 Å². The zero-order chi connectivity index (χ0) is 20.7. The number of allylic oxidation sites excluding steroid dienone is 4. The molecule has 0 spiro atoms. The molecule has 1 aliphatic rings. The summed E-state index contributed by atoms with van der Waals surface area (Å²) >= 11 is 11.5. The second-order valence-electron chi connectivity index (χ2n) is 6.13. The van der Waals surface area contributed by atoms with Crippen molar-refractivity contribution in [1.29, 1.82) is 0 Å². The number of rotatable bonds is 9. The maximum Gasteiger partial charge on any atom is 0.329 e. The van der Waals surface area contributed by atoms with Crippen LogP contribution in [0.15, 0.2) is 59.0 Å². The van der Waals surface area contributed by atoms with Gasteiger partial charge in [0.15, 0.2) is 0 Å². The highest BCUT2D eigenvalue weighted by Crippen LogP contribution is 2.29. The lowest BCUT2D eigenvalue weighted by Gasteiger charge is -2.35. The predicted octanol–water partition coefficient (Wildman–Crippen LogP) is 3.28. The van der Waals surface area contributed by atoms with Crippen molar-refractivity contribution in [2.75, 3.05) is 19.1 Å². The van der Waals surface area contributed by atoms with Crippen molar-refractivity contribution in [2.24, 2.45) is 0 Å². The molecule has 152 valence electrons. The number of ether oxygens (including phenoxy) is 1. The molecule has 1 aromatic carbocycles. The Labute approximate surface area is 174 Å². The molecule has 0 fully saturated rings. The van der Waals surface area contributed by atoms with Crippen LogP contribution in [0.3, 0.4) is 0 Å². The van der Waals surface area contributed by atoms with Crippen molar-refractivity contribution in [3.63, 3.8) is 0 Å². The third-order valence-corrected chi connectivity index (χ3v) is 6.46. The van der Waals surface area contributed by atoms with Gasteiger partial charge in [-0.1, -0.05) is 48.5 Å². The summed E-state index contributed by atoms with van der Waals surface area (Å²) in [4.78, 5) is 10.6. The zero-order valence-electron chi connectivity index (χ0n) is 15.1. The molecule has 6 nitrogen and oxygen atoms in total. The van der Waals surface area contributed by atoms with Gasteiger partial charge in [0.05, 0.1) is 17.6 Å². The van der Waals surface area contributed by atoms with Crippen LogP contribution in [0.4, 0.5) is 0 Å². The van der Waals surface area contributed by atoms with E-state index in [-0.39, 0.29) is 23.9 Å². The molecular weight excluding hydrogens is 425 g/mol. The monoisotopic (exact) mass is 445 g/mol. The summed E-state index contributed by atoms with van der Waals surface area (Å²) in [5.41, 5.74) is 1.89. The SMILES string of the molecule is C=C(/C=C\C(Cl)=C/CCl)S(=O)(=O)N1Cc2ccccc2CC1COCC(=O)O. The lowest BCUT2D eigenvalue weighted by molar-refractivity contribution is -0.142. The van der Waals surface area contributed by atoms with Gasteiger partial charge in [-0.2, -0.15) is 4.31 Å². The molecule has 0 aromatic heterocycles. The molecule has 1 heterocycles. The van der Waals surface area contributed by atoms with E-state index >= 15 is 0 Å². The molecule has 9 heteroatoms. The highest BCUT2D eigenvalue weighted by molar-refractivity contribution is 7.93. The Morgan fingerprint density at radius 3 is 2.64 bits per heavy atom. The Kier molecular flexibility index (Phi) is 8.27. The first-order valence-corrected chi connectivity index (χ1v) is 10.8. The first-order valence-electron chi connectivity index (χ1n) is 8.42. The highest BCUT2D eigenvalue weighted by Gasteiger charge is 2.35. The number of sulfonamides is 1. The fourth-order valence-corrected chi connectivity index (χ4v) is 4.58. The maximum absolute atomic E-state index is 13.1. The van der Waals surface area contributed by atoms with Crippen molar-refractivity contribution < 1.29 is 23.1 Å². The van der Waals surface area contributed by atoms with E-state index in [2.05, 4.69) is 6.58 Å². The molecule has 0 radical (unpaired) electrons. The fourth-order valence-electron chi connectivity index (χ4n) is 2.82. The van der Waals surface area contributed by atoms with Crippen molar-refractivity contribution in [1.82, 2.24) is 4.31 Å². The summed E-state index contributed by atoms with van der Waals surface area (Å²) in [6.45, 7) is 3.28. The van der Waals surface area contributed by atoms with E-state index < -0.39 is 28.6 Å². The van der Waals surface area contributed by atoms with Crippen molar-refractivity contribution >= 4 is 39.2 Å². The van der Waals surface area contributed by atoms with Crippen LogP contribution < -0.4 is 0 Å². The number of nitrogens with zero attached hydrogens (tertiary/aromatic N) is 1. The minimum absolute atomic E-state index is 0.0379. The normalized spacial score (nSPS) is 18.2. The Hall–Kier alpha value is -1.64. The van der Waals surface area contributed by atoms with Crippen molar-refractivity contribution in [3.8, 4) is 0 Å². The first-order chi connectivity index (χ1) is 13.3. The predicted molar refractivity (Wildman–Crippen MR) is 110 cm³/mol. The van der Waals surface area contributed by atoms with Gasteiger partial charge in [-0.15, -0.1) is 11.6 Å². The highest BCUT2D eigenvalue weighted by atomic mass is 35.5. The van der Waals surface area contributed by atoms with E-state index in [0.29, 0.717) is 11.5 Å². The number of benzene rings is 1. The van der Waals surface area contributed by atoms with Gasteiger partial charge < -0.3 is 9.84 Å². The number of halogens is 2. The second-order valence-corrected chi connectivity index (χ2v) is 8.82. The van der Waals surface area contributed by atoms with Crippen LogP contribution in [0.5, 0.6) is 0 Å². The molecule has 1 N–H and O–H groups in total. The number of alkyl halides is 1. The lowest BCUT2D eigenvalue weighted by atomic mass is 9.96. The molecule has 1 aromatic rings. The lowest BCUT2D eigenvalue weighted by Crippen LogP contribution is -2.47. The van der Waals surface area contributed by atoms with Gasteiger partial charge in [0.25, 0.3) is 0 Å². The molecule has 0 aliphatic carbocycles. The van der Waals surface area contributed by atoms with E-state index in [9.17, 15) is 13.2 Å². The topological polar surface area (TPSA) is 83.9 Å². The zero-order valence-corrected chi connectivity index (χ0v) is 17.4. The summed E-state index contributed by atoms with van der Waals surface area (Å²) in [5, 5.41) is 9.08. The quantitative estimate of drug-likeness (QED) is 0.465. The average molecular weight is 446 g/mol. The van der Waals surface area contributed by atoms with Crippen LogP contribution in [0, 0.1) is 0 Å². The summed E-state index contributed by atoms with van der Waals surface area (Å²) in [5.74, 6) is -0.910. The minimum Gasteiger partial charge on any atom is -0.480 e. The van der Waals surface area contributed by atoms with Crippen LogP contribution in [0.25, 0.3) is 0 Å². The van der Waals surface area contributed by atoms with Gasteiger partial charge in [0, 0.05) is 17.5 Å². The Balaban J connectivity index is 2.27. The Bertz CT molecular complexity index is 895. The molecule has 1 aliphatic heterocycles. The van der Waals surface area contributed by atoms with Gasteiger partial charge >= 0.3 is 5.97 Å². The van der Waals surface area contributed by atoms with Crippen LogP contribution in [0.2, 0.25) is 0 Å². The third-order valence-electron chi connectivity index (χ3n) is 4.18. The summed E-state index contributed by atoms with van der Waals surface area (Å²) < 4.78 is 32.7. The fraction of sp³-hybridized carbons (Fsp3) is 0.316. The molecule has 0 saturated heterocycles. The number of hydrogen-bond donors (Lipinski definition) is 1. The maximum atomic E-state index is 13.1. The molecular formula is C19H21Cl2NO5S. The van der Waals surface area contributed by atoms with E-state index in [1.54, 1.807) is 0 Å². The van der Waals surface area contributed by atoms with Gasteiger partial charge in [-0.05, 0) is 29.7 Å². The minimum atomic E-state index is -3.91.